The van der Waals surface area contributed by atoms with Crippen LogP contribution in [0, 0.1) is 6.92 Å². The predicted octanol–water partition coefficient (Wildman–Crippen LogP) is 3.42. The van der Waals surface area contributed by atoms with Crippen molar-refractivity contribution in [1.82, 2.24) is 19.8 Å². The Labute approximate surface area is 162 Å². The van der Waals surface area contributed by atoms with E-state index in [1.807, 2.05) is 86.6 Å². The number of aryl methyl sites for hydroxylation is 1. The third-order valence-corrected chi connectivity index (χ3v) is 4.48. The molecule has 7 nitrogen and oxygen atoms in total. The second-order valence-corrected chi connectivity index (χ2v) is 6.71. The van der Waals surface area contributed by atoms with Crippen molar-refractivity contribution < 1.29 is 4.79 Å². The number of carbonyl (C=O) groups excluding carboxylic acids is 1. The standard InChI is InChI=1S/C21H20N6O/c1-14-23-24-20-12-11-19(25-27(14)20)16-5-4-6-17(13-16)22-21(28)15-7-9-18(10-8-15)26(2)3/h4-13H,1-3H3,(H,22,28). The van der Waals surface area contributed by atoms with Crippen molar-refractivity contribution in [3.8, 4) is 11.3 Å². The second-order valence-electron chi connectivity index (χ2n) is 6.71. The molecule has 0 saturated heterocycles. The molecule has 0 saturated carbocycles. The zero-order valence-electron chi connectivity index (χ0n) is 15.9. The minimum atomic E-state index is -0.152. The summed E-state index contributed by atoms with van der Waals surface area (Å²) in [4.78, 5) is 14.6. The van der Waals surface area contributed by atoms with Crippen molar-refractivity contribution in [2.75, 3.05) is 24.3 Å². The number of nitrogens with one attached hydrogen (secondary N) is 1. The molecule has 0 fully saturated rings. The first-order valence-electron chi connectivity index (χ1n) is 8.89. The quantitative estimate of drug-likeness (QED) is 0.594. The Bertz CT molecular complexity index is 1150. The third kappa shape index (κ3) is 3.42. The average Bonchev–Trinajstić information content (AvgIpc) is 3.08. The number of benzene rings is 2. The van der Waals surface area contributed by atoms with Crippen LogP contribution in [-0.4, -0.2) is 39.8 Å². The molecule has 28 heavy (non-hydrogen) atoms. The van der Waals surface area contributed by atoms with E-state index in [0.29, 0.717) is 16.9 Å². The average molecular weight is 372 g/mol. The Hall–Kier alpha value is -3.74. The SMILES string of the molecule is Cc1nnc2ccc(-c3cccc(NC(=O)c4ccc(N(C)C)cc4)c3)nn12. The Morgan fingerprint density at radius 1 is 1.00 bits per heavy atom. The van der Waals surface area contributed by atoms with E-state index >= 15 is 0 Å². The maximum absolute atomic E-state index is 12.6. The normalized spacial score (nSPS) is 10.8. The van der Waals surface area contributed by atoms with E-state index in [2.05, 4.69) is 20.6 Å². The van der Waals surface area contributed by atoms with Gasteiger partial charge >= 0.3 is 0 Å². The summed E-state index contributed by atoms with van der Waals surface area (Å²) in [5.74, 6) is 0.572. The smallest absolute Gasteiger partial charge is 0.255 e. The van der Waals surface area contributed by atoms with Gasteiger partial charge in [0.1, 0.15) is 0 Å². The summed E-state index contributed by atoms with van der Waals surface area (Å²) in [6, 6.07) is 18.9. The zero-order valence-corrected chi connectivity index (χ0v) is 15.9. The van der Waals surface area contributed by atoms with Gasteiger partial charge in [-0.05, 0) is 55.5 Å². The molecule has 0 aliphatic heterocycles. The van der Waals surface area contributed by atoms with Gasteiger partial charge in [-0.25, -0.2) is 0 Å². The highest BCUT2D eigenvalue weighted by Crippen LogP contribution is 2.22. The van der Waals surface area contributed by atoms with Crippen LogP contribution in [0.25, 0.3) is 16.9 Å². The minimum Gasteiger partial charge on any atom is -0.378 e. The second kappa shape index (κ2) is 7.11. The number of rotatable bonds is 4. The summed E-state index contributed by atoms with van der Waals surface area (Å²) in [5.41, 5.74) is 4.74. The maximum Gasteiger partial charge on any atom is 0.255 e. The number of hydrogen-bond acceptors (Lipinski definition) is 5. The molecule has 0 aliphatic rings. The fraction of sp³-hybridized carbons (Fsp3) is 0.143. The summed E-state index contributed by atoms with van der Waals surface area (Å²) < 4.78 is 1.70. The van der Waals surface area contributed by atoms with Crippen molar-refractivity contribution >= 4 is 22.9 Å². The number of carbonyl (C=O) groups is 1. The van der Waals surface area contributed by atoms with Crippen LogP contribution in [0.2, 0.25) is 0 Å². The van der Waals surface area contributed by atoms with Crippen LogP contribution in [0.15, 0.2) is 60.7 Å². The van der Waals surface area contributed by atoms with E-state index < -0.39 is 0 Å². The molecule has 0 spiro atoms. The molecule has 1 N–H and O–H groups in total. The lowest BCUT2D eigenvalue weighted by Gasteiger charge is -2.13. The fourth-order valence-electron chi connectivity index (χ4n) is 2.92. The predicted molar refractivity (Wildman–Crippen MR) is 110 cm³/mol. The lowest BCUT2D eigenvalue weighted by Crippen LogP contribution is -2.13. The van der Waals surface area contributed by atoms with Gasteiger partial charge in [0.2, 0.25) is 0 Å². The molecule has 0 unspecified atom stereocenters. The van der Waals surface area contributed by atoms with Crippen LogP contribution in [0.4, 0.5) is 11.4 Å². The molecule has 4 aromatic rings. The molecule has 4 rings (SSSR count). The summed E-state index contributed by atoms with van der Waals surface area (Å²) in [6.07, 6.45) is 0. The van der Waals surface area contributed by atoms with Crippen molar-refractivity contribution in [1.29, 1.82) is 0 Å². The van der Waals surface area contributed by atoms with E-state index in [1.54, 1.807) is 4.52 Å². The molecule has 0 radical (unpaired) electrons. The van der Waals surface area contributed by atoms with Crippen molar-refractivity contribution in [2.45, 2.75) is 6.92 Å². The molecule has 0 bridgehead atoms. The van der Waals surface area contributed by atoms with Gasteiger partial charge in [0.25, 0.3) is 5.91 Å². The summed E-state index contributed by atoms with van der Waals surface area (Å²) in [7, 11) is 3.93. The highest BCUT2D eigenvalue weighted by Gasteiger charge is 2.09. The van der Waals surface area contributed by atoms with Crippen molar-refractivity contribution in [3.63, 3.8) is 0 Å². The largest absolute Gasteiger partial charge is 0.378 e. The number of aromatic nitrogens is 4. The molecule has 2 aromatic carbocycles. The van der Waals surface area contributed by atoms with E-state index in [9.17, 15) is 4.79 Å². The Balaban J connectivity index is 1.57. The number of nitrogens with zero attached hydrogens (tertiary/aromatic N) is 5. The Morgan fingerprint density at radius 3 is 2.54 bits per heavy atom. The molecular weight excluding hydrogens is 352 g/mol. The highest BCUT2D eigenvalue weighted by molar-refractivity contribution is 6.04. The first kappa shape index (κ1) is 17.7. The number of hydrogen-bond donors (Lipinski definition) is 1. The Morgan fingerprint density at radius 2 is 1.79 bits per heavy atom. The van der Waals surface area contributed by atoms with E-state index in [4.69, 9.17) is 0 Å². The third-order valence-electron chi connectivity index (χ3n) is 4.48. The van der Waals surface area contributed by atoms with E-state index in [-0.39, 0.29) is 5.91 Å². The van der Waals surface area contributed by atoms with Crippen LogP contribution >= 0.6 is 0 Å². The first-order chi connectivity index (χ1) is 13.5. The molecule has 2 heterocycles. The number of amides is 1. The maximum atomic E-state index is 12.6. The number of fused-ring (bicyclic) bond motifs is 1. The van der Waals surface area contributed by atoms with Gasteiger partial charge < -0.3 is 10.2 Å². The molecule has 1 amide bonds. The molecule has 7 heteroatoms. The van der Waals surface area contributed by atoms with Crippen LogP contribution < -0.4 is 10.2 Å². The summed E-state index contributed by atoms with van der Waals surface area (Å²) in [6.45, 7) is 1.86. The molecular formula is C21H20N6O. The minimum absolute atomic E-state index is 0.152. The van der Waals surface area contributed by atoms with Gasteiger partial charge in [0, 0.05) is 36.6 Å². The first-order valence-corrected chi connectivity index (χ1v) is 8.89. The Kier molecular flexibility index (Phi) is 4.49. The van der Waals surface area contributed by atoms with Gasteiger partial charge in [-0.1, -0.05) is 12.1 Å². The topological polar surface area (TPSA) is 75.4 Å². The van der Waals surface area contributed by atoms with E-state index in [0.717, 1.165) is 22.8 Å². The fourth-order valence-corrected chi connectivity index (χ4v) is 2.92. The molecule has 0 atom stereocenters. The van der Waals surface area contributed by atoms with Crippen LogP contribution in [0.3, 0.4) is 0 Å². The van der Waals surface area contributed by atoms with Gasteiger partial charge in [-0.15, -0.1) is 10.2 Å². The zero-order chi connectivity index (χ0) is 19.7. The molecule has 2 aromatic heterocycles. The number of anilines is 2. The van der Waals surface area contributed by atoms with Gasteiger partial charge in [0.15, 0.2) is 11.5 Å². The molecule has 0 aliphatic carbocycles. The van der Waals surface area contributed by atoms with Crippen molar-refractivity contribution in [3.05, 3.63) is 72.1 Å². The van der Waals surface area contributed by atoms with Crippen LogP contribution in [-0.2, 0) is 0 Å². The summed E-state index contributed by atoms with van der Waals surface area (Å²) >= 11 is 0. The van der Waals surface area contributed by atoms with Crippen molar-refractivity contribution in [2.24, 2.45) is 0 Å². The van der Waals surface area contributed by atoms with Gasteiger partial charge in [-0.3, -0.25) is 4.79 Å². The highest BCUT2D eigenvalue weighted by atomic mass is 16.1. The van der Waals surface area contributed by atoms with E-state index in [1.165, 1.54) is 0 Å². The van der Waals surface area contributed by atoms with Gasteiger partial charge in [-0.2, -0.15) is 9.61 Å². The van der Waals surface area contributed by atoms with Crippen LogP contribution in [0.5, 0.6) is 0 Å². The lowest BCUT2D eigenvalue weighted by atomic mass is 10.1. The lowest BCUT2D eigenvalue weighted by molar-refractivity contribution is 0.102. The molecule has 140 valence electrons. The van der Waals surface area contributed by atoms with Gasteiger partial charge in [0.05, 0.1) is 5.69 Å². The van der Waals surface area contributed by atoms with Crippen LogP contribution in [0.1, 0.15) is 16.2 Å². The monoisotopic (exact) mass is 372 g/mol. The summed E-state index contributed by atoms with van der Waals surface area (Å²) in [5, 5.41) is 15.6.